The maximum Gasteiger partial charge on any atom is 0.206 e. The highest BCUT2D eigenvalue weighted by atomic mass is 32.2. The van der Waals surface area contributed by atoms with Gasteiger partial charge in [0.1, 0.15) is 39.3 Å². The molecule has 0 atom stereocenters. The number of anilines is 2. The van der Waals surface area contributed by atoms with E-state index < -0.39 is 25.5 Å². The molecular formula is C27H24FN5O5S2. The topological polar surface area (TPSA) is 144 Å². The minimum atomic E-state index is -3.80. The van der Waals surface area contributed by atoms with Crippen LogP contribution in [-0.4, -0.2) is 50.3 Å². The Labute approximate surface area is 230 Å². The second-order valence-electron chi connectivity index (χ2n) is 8.99. The van der Waals surface area contributed by atoms with Crippen LogP contribution in [0.5, 0.6) is 0 Å². The van der Waals surface area contributed by atoms with Crippen LogP contribution < -0.4 is 10.6 Å². The Morgan fingerprint density at radius 1 is 0.875 bits per heavy atom. The third kappa shape index (κ3) is 6.33. The first-order valence-electron chi connectivity index (χ1n) is 12.0. The highest BCUT2D eigenvalue weighted by molar-refractivity contribution is 7.91. The predicted molar refractivity (Wildman–Crippen MR) is 148 cm³/mol. The van der Waals surface area contributed by atoms with Gasteiger partial charge in [0.15, 0.2) is 5.76 Å². The molecule has 0 aliphatic rings. The van der Waals surface area contributed by atoms with Crippen molar-refractivity contribution in [1.82, 2.24) is 20.3 Å². The molecule has 0 unspecified atom stereocenters. The summed E-state index contributed by atoms with van der Waals surface area (Å²) in [7, 11) is -6.84. The Morgan fingerprint density at radius 2 is 1.57 bits per heavy atom. The summed E-state index contributed by atoms with van der Waals surface area (Å²) in [4.78, 5) is 13.1. The SMILES string of the molecule is CS(=O)(=O)CCNCc1ccc(-c2cc3c(Nc4ccc(S(=O)(=O)c5ccc(F)cc5)cc4)ncnc3cn2)o1. The van der Waals surface area contributed by atoms with Gasteiger partial charge in [-0.25, -0.2) is 31.2 Å². The van der Waals surface area contributed by atoms with Crippen molar-refractivity contribution < 1.29 is 25.6 Å². The molecule has 40 heavy (non-hydrogen) atoms. The first-order valence-corrected chi connectivity index (χ1v) is 15.6. The molecule has 5 rings (SSSR count). The standard InChI is InChI=1S/C27H24FN5O5S2/c1-39(34,35)13-12-29-15-20-6-11-26(38-20)24-14-23-25(16-30-24)31-17-32-27(23)33-19-4-9-22(10-5-19)40(36,37)21-7-2-18(28)3-8-21/h2-11,14,16-17,29H,12-13,15H2,1H3,(H,31,32,33). The molecule has 0 bridgehead atoms. The van der Waals surface area contributed by atoms with Gasteiger partial charge in [-0.3, -0.25) is 4.98 Å². The largest absolute Gasteiger partial charge is 0.458 e. The highest BCUT2D eigenvalue weighted by Crippen LogP contribution is 2.29. The molecule has 3 heterocycles. The van der Waals surface area contributed by atoms with Crippen LogP contribution in [0.4, 0.5) is 15.9 Å². The third-order valence-corrected chi connectivity index (χ3v) is 8.67. The summed E-state index contributed by atoms with van der Waals surface area (Å²) >= 11 is 0. The second kappa shape index (κ2) is 11.1. The Kier molecular flexibility index (Phi) is 7.61. The van der Waals surface area contributed by atoms with Crippen LogP contribution in [-0.2, 0) is 26.2 Å². The Morgan fingerprint density at radius 3 is 2.27 bits per heavy atom. The Bertz CT molecular complexity index is 1880. The molecule has 206 valence electrons. The van der Waals surface area contributed by atoms with Gasteiger partial charge in [0.2, 0.25) is 9.84 Å². The molecule has 0 saturated carbocycles. The number of pyridine rings is 1. The summed E-state index contributed by atoms with van der Waals surface area (Å²) in [6.45, 7) is 0.681. The van der Waals surface area contributed by atoms with Crippen molar-refractivity contribution in [3.05, 3.63) is 90.8 Å². The van der Waals surface area contributed by atoms with E-state index in [4.69, 9.17) is 4.42 Å². The summed E-state index contributed by atoms with van der Waals surface area (Å²) in [6, 6.07) is 16.2. The van der Waals surface area contributed by atoms with Gasteiger partial charge in [0.05, 0.1) is 33.8 Å². The van der Waals surface area contributed by atoms with Crippen LogP contribution in [0.2, 0.25) is 0 Å². The van der Waals surface area contributed by atoms with Crippen LogP contribution >= 0.6 is 0 Å². The predicted octanol–water partition coefficient (Wildman–Crippen LogP) is 4.13. The van der Waals surface area contributed by atoms with E-state index in [-0.39, 0.29) is 15.5 Å². The smallest absolute Gasteiger partial charge is 0.206 e. The van der Waals surface area contributed by atoms with Crippen molar-refractivity contribution in [2.24, 2.45) is 0 Å². The van der Waals surface area contributed by atoms with Crippen molar-refractivity contribution in [2.45, 2.75) is 16.3 Å². The Hall–Kier alpha value is -4.20. The monoisotopic (exact) mass is 581 g/mol. The highest BCUT2D eigenvalue weighted by Gasteiger charge is 2.18. The van der Waals surface area contributed by atoms with E-state index in [0.29, 0.717) is 52.7 Å². The van der Waals surface area contributed by atoms with Crippen molar-refractivity contribution in [3.8, 4) is 11.5 Å². The van der Waals surface area contributed by atoms with Crippen LogP contribution in [0, 0.1) is 5.82 Å². The van der Waals surface area contributed by atoms with Gasteiger partial charge in [0, 0.05) is 23.9 Å². The number of sulfone groups is 2. The fourth-order valence-electron chi connectivity index (χ4n) is 3.88. The number of aromatic nitrogens is 3. The molecule has 0 radical (unpaired) electrons. The second-order valence-corrected chi connectivity index (χ2v) is 13.2. The maximum absolute atomic E-state index is 13.2. The number of hydrogen-bond acceptors (Lipinski definition) is 10. The van der Waals surface area contributed by atoms with Crippen molar-refractivity contribution in [3.63, 3.8) is 0 Å². The van der Waals surface area contributed by atoms with Crippen LogP contribution in [0.1, 0.15) is 5.76 Å². The molecule has 3 aromatic heterocycles. The molecule has 5 aromatic rings. The summed E-state index contributed by atoms with van der Waals surface area (Å²) in [5.74, 6) is 1.16. The fourth-order valence-corrected chi connectivity index (χ4v) is 5.65. The first kappa shape index (κ1) is 27.4. The number of hydrogen-bond donors (Lipinski definition) is 2. The van der Waals surface area contributed by atoms with E-state index in [0.717, 1.165) is 12.1 Å². The van der Waals surface area contributed by atoms with Crippen molar-refractivity contribution in [2.75, 3.05) is 23.9 Å². The lowest BCUT2D eigenvalue weighted by molar-refractivity contribution is 0.496. The molecular weight excluding hydrogens is 557 g/mol. The van der Waals surface area contributed by atoms with Gasteiger partial charge in [0.25, 0.3) is 0 Å². The molecule has 0 aliphatic heterocycles. The molecule has 0 aliphatic carbocycles. The van der Waals surface area contributed by atoms with Gasteiger partial charge < -0.3 is 15.1 Å². The van der Waals surface area contributed by atoms with Gasteiger partial charge in [-0.15, -0.1) is 0 Å². The lowest BCUT2D eigenvalue weighted by atomic mass is 10.2. The van der Waals surface area contributed by atoms with Crippen LogP contribution in [0.25, 0.3) is 22.4 Å². The van der Waals surface area contributed by atoms with Crippen molar-refractivity contribution >= 4 is 42.1 Å². The maximum atomic E-state index is 13.2. The molecule has 0 amide bonds. The van der Waals surface area contributed by atoms with E-state index in [1.807, 2.05) is 0 Å². The lowest BCUT2D eigenvalue weighted by Crippen LogP contribution is -2.21. The molecule has 0 saturated heterocycles. The number of fused-ring (bicyclic) bond motifs is 1. The third-order valence-electron chi connectivity index (χ3n) is 5.94. The van der Waals surface area contributed by atoms with E-state index in [2.05, 4.69) is 25.6 Å². The normalized spacial score (nSPS) is 12.1. The fraction of sp³-hybridized carbons (Fsp3) is 0.148. The number of nitrogens with zero attached hydrogens (tertiary/aromatic N) is 3. The molecule has 0 fully saturated rings. The van der Waals surface area contributed by atoms with Crippen molar-refractivity contribution in [1.29, 1.82) is 0 Å². The average molecular weight is 582 g/mol. The van der Waals surface area contributed by atoms with Gasteiger partial charge >= 0.3 is 0 Å². The Balaban J connectivity index is 1.34. The first-order chi connectivity index (χ1) is 19.1. The van der Waals surface area contributed by atoms with Gasteiger partial charge in [-0.1, -0.05) is 0 Å². The summed E-state index contributed by atoms with van der Waals surface area (Å²) < 4.78 is 67.4. The van der Waals surface area contributed by atoms with Gasteiger partial charge in [-0.05, 0) is 66.7 Å². The minimum Gasteiger partial charge on any atom is -0.458 e. The minimum absolute atomic E-state index is 0.00204. The van der Waals surface area contributed by atoms with Crippen LogP contribution in [0.3, 0.4) is 0 Å². The number of nitrogens with one attached hydrogen (secondary N) is 2. The zero-order valence-electron chi connectivity index (χ0n) is 21.2. The number of benzene rings is 2. The zero-order valence-corrected chi connectivity index (χ0v) is 22.8. The van der Waals surface area contributed by atoms with E-state index >= 15 is 0 Å². The molecule has 0 spiro atoms. The summed E-state index contributed by atoms with van der Waals surface area (Å²) in [5.41, 5.74) is 1.73. The van der Waals surface area contributed by atoms with E-state index in [9.17, 15) is 21.2 Å². The van der Waals surface area contributed by atoms with E-state index in [1.165, 1.54) is 36.8 Å². The quantitative estimate of drug-likeness (QED) is 0.182. The zero-order chi connectivity index (χ0) is 28.3. The summed E-state index contributed by atoms with van der Waals surface area (Å²) in [6.07, 6.45) is 4.18. The van der Waals surface area contributed by atoms with E-state index in [1.54, 1.807) is 36.5 Å². The molecule has 13 heteroatoms. The number of furan rings is 1. The number of halogens is 1. The molecule has 2 N–H and O–H groups in total. The van der Waals surface area contributed by atoms with Crippen LogP contribution in [0.15, 0.2) is 93.5 Å². The lowest BCUT2D eigenvalue weighted by Gasteiger charge is -2.10. The van der Waals surface area contributed by atoms with Gasteiger partial charge in [-0.2, -0.15) is 0 Å². The average Bonchev–Trinajstić information content (AvgIpc) is 3.40. The molecule has 2 aromatic carbocycles. The number of rotatable bonds is 10. The summed E-state index contributed by atoms with van der Waals surface area (Å²) in [5, 5.41) is 6.89. The molecule has 10 nitrogen and oxygen atoms in total.